The summed E-state index contributed by atoms with van der Waals surface area (Å²) in [4.78, 5) is 10.8. The molecule has 1 heteroatoms. The molecule has 1 aromatic carbocycles. The highest BCUT2D eigenvalue weighted by atomic mass is 16.1. The molecule has 0 aliphatic heterocycles. The molecule has 0 saturated heterocycles. The van der Waals surface area contributed by atoms with Crippen LogP contribution in [0.25, 0.3) is 0 Å². The number of benzene rings is 1. The smallest absolute Gasteiger partial charge is 0.137 e. The van der Waals surface area contributed by atoms with Gasteiger partial charge in [-0.2, -0.15) is 0 Å². The molecule has 90 valence electrons. The Morgan fingerprint density at radius 3 is 1.62 bits per heavy atom. The summed E-state index contributed by atoms with van der Waals surface area (Å²) in [5, 5.41) is 0. The number of Topliss-reactive ketones (excluding diaryl/α,β-unsaturated/α-hetero) is 1. The second kappa shape index (κ2) is 8.09. The van der Waals surface area contributed by atoms with Crippen LogP contribution in [0.2, 0.25) is 0 Å². The van der Waals surface area contributed by atoms with Crippen molar-refractivity contribution in [2.24, 2.45) is 11.8 Å². The summed E-state index contributed by atoms with van der Waals surface area (Å²) in [6.07, 6.45) is 1.14. The Morgan fingerprint density at radius 2 is 1.44 bits per heavy atom. The summed E-state index contributed by atoms with van der Waals surface area (Å²) in [6.45, 7) is 9.89. The van der Waals surface area contributed by atoms with Crippen LogP contribution in [-0.2, 0) is 11.2 Å². The maximum Gasteiger partial charge on any atom is 0.137 e. The minimum atomic E-state index is 0.204. The third kappa shape index (κ3) is 6.39. The molecule has 0 unspecified atom stereocenters. The average molecular weight is 220 g/mol. The maximum atomic E-state index is 10.8. The normalized spacial score (nSPS) is 9.94. The first-order valence-electron chi connectivity index (χ1n) is 6.06. The molecule has 0 atom stereocenters. The third-order valence-corrected chi connectivity index (χ3v) is 2.39. The van der Waals surface area contributed by atoms with Crippen LogP contribution in [0.15, 0.2) is 30.3 Å². The van der Waals surface area contributed by atoms with E-state index in [0.29, 0.717) is 5.78 Å². The second-order valence-corrected chi connectivity index (χ2v) is 4.55. The number of rotatable bonds is 3. The number of ketones is 1. The van der Waals surface area contributed by atoms with E-state index in [-0.39, 0.29) is 11.8 Å². The van der Waals surface area contributed by atoms with Crippen molar-refractivity contribution in [3.8, 4) is 0 Å². The first-order chi connectivity index (χ1) is 7.49. The van der Waals surface area contributed by atoms with Gasteiger partial charge in [-0.25, -0.2) is 0 Å². The summed E-state index contributed by atoms with van der Waals surface area (Å²) in [5.41, 5.74) is 1.41. The van der Waals surface area contributed by atoms with Gasteiger partial charge in [0, 0.05) is 11.8 Å². The highest BCUT2D eigenvalue weighted by molar-refractivity contribution is 5.81. The van der Waals surface area contributed by atoms with Crippen molar-refractivity contribution in [3.63, 3.8) is 0 Å². The van der Waals surface area contributed by atoms with Gasteiger partial charge in [0.05, 0.1) is 0 Å². The lowest BCUT2D eigenvalue weighted by molar-refractivity contribution is -0.124. The number of carbonyl (C=O) groups excluding carboxylic acids is 1. The summed E-state index contributed by atoms with van der Waals surface area (Å²) in [6, 6.07) is 10.5. The minimum Gasteiger partial charge on any atom is -0.299 e. The van der Waals surface area contributed by atoms with E-state index in [0.717, 1.165) is 6.42 Å². The molecule has 0 saturated carbocycles. The Bertz CT molecular complexity index is 276. The molecule has 1 rings (SSSR count). The van der Waals surface area contributed by atoms with E-state index in [1.165, 1.54) is 5.56 Å². The minimum absolute atomic E-state index is 0.204. The first-order valence-corrected chi connectivity index (χ1v) is 6.06. The number of aryl methyl sites for hydroxylation is 1. The maximum absolute atomic E-state index is 10.8. The Labute approximate surface area is 99.9 Å². The molecule has 0 fully saturated rings. The van der Waals surface area contributed by atoms with Gasteiger partial charge in [0.1, 0.15) is 5.78 Å². The Balaban J connectivity index is 0.000000281. The Kier molecular flexibility index (Phi) is 7.53. The van der Waals surface area contributed by atoms with Crippen LogP contribution < -0.4 is 0 Å². The van der Waals surface area contributed by atoms with Gasteiger partial charge in [0.25, 0.3) is 0 Å². The zero-order chi connectivity index (χ0) is 12.6. The molecule has 0 bridgehead atoms. The van der Waals surface area contributed by atoms with Crippen LogP contribution in [0, 0.1) is 11.8 Å². The van der Waals surface area contributed by atoms with Crippen LogP contribution in [0.4, 0.5) is 0 Å². The SMILES string of the molecule is CC(C)C(=O)C(C)C.CCc1ccccc1. The highest BCUT2D eigenvalue weighted by Crippen LogP contribution is 2.03. The highest BCUT2D eigenvalue weighted by Gasteiger charge is 2.09. The lowest BCUT2D eigenvalue weighted by atomic mass is 9.99. The lowest BCUT2D eigenvalue weighted by Gasteiger charge is -2.05. The van der Waals surface area contributed by atoms with Crippen LogP contribution in [0.3, 0.4) is 0 Å². The first kappa shape index (κ1) is 14.9. The van der Waals surface area contributed by atoms with Crippen molar-refractivity contribution >= 4 is 5.78 Å². The fraction of sp³-hybridized carbons (Fsp3) is 0.533. The van der Waals surface area contributed by atoms with Crippen molar-refractivity contribution in [1.29, 1.82) is 0 Å². The van der Waals surface area contributed by atoms with E-state index in [9.17, 15) is 4.79 Å². The summed E-state index contributed by atoms with van der Waals surface area (Å²) < 4.78 is 0. The molecule has 0 N–H and O–H groups in total. The summed E-state index contributed by atoms with van der Waals surface area (Å²) >= 11 is 0. The van der Waals surface area contributed by atoms with E-state index in [1.54, 1.807) is 0 Å². The summed E-state index contributed by atoms with van der Waals surface area (Å²) in [5.74, 6) is 0.759. The van der Waals surface area contributed by atoms with Gasteiger partial charge in [-0.1, -0.05) is 65.0 Å². The molecule has 0 spiro atoms. The van der Waals surface area contributed by atoms with Crippen LogP contribution in [0.5, 0.6) is 0 Å². The lowest BCUT2D eigenvalue weighted by Crippen LogP contribution is -2.13. The third-order valence-electron chi connectivity index (χ3n) is 2.39. The zero-order valence-electron chi connectivity index (χ0n) is 11.2. The molecule has 1 aromatic rings. The van der Waals surface area contributed by atoms with Crippen LogP contribution in [-0.4, -0.2) is 5.78 Å². The van der Waals surface area contributed by atoms with Crippen LogP contribution in [0.1, 0.15) is 40.2 Å². The van der Waals surface area contributed by atoms with Gasteiger partial charge < -0.3 is 0 Å². The molecule has 16 heavy (non-hydrogen) atoms. The van der Waals surface area contributed by atoms with Gasteiger partial charge >= 0.3 is 0 Å². The van der Waals surface area contributed by atoms with Gasteiger partial charge in [0.15, 0.2) is 0 Å². The molecular formula is C15H24O. The van der Waals surface area contributed by atoms with E-state index in [1.807, 2.05) is 33.8 Å². The van der Waals surface area contributed by atoms with E-state index >= 15 is 0 Å². The van der Waals surface area contributed by atoms with Crippen molar-refractivity contribution < 1.29 is 4.79 Å². The molecule has 0 aromatic heterocycles. The molecule has 0 heterocycles. The topological polar surface area (TPSA) is 17.1 Å². The summed E-state index contributed by atoms with van der Waals surface area (Å²) in [7, 11) is 0. The molecule has 0 aliphatic carbocycles. The quantitative estimate of drug-likeness (QED) is 0.749. The largest absolute Gasteiger partial charge is 0.299 e. The second-order valence-electron chi connectivity index (χ2n) is 4.55. The van der Waals surface area contributed by atoms with Gasteiger partial charge in [-0.05, 0) is 12.0 Å². The van der Waals surface area contributed by atoms with Crippen LogP contribution >= 0.6 is 0 Å². The molecule has 1 nitrogen and oxygen atoms in total. The Hall–Kier alpha value is -1.11. The zero-order valence-corrected chi connectivity index (χ0v) is 11.2. The fourth-order valence-electron chi connectivity index (χ4n) is 1.38. The Morgan fingerprint density at radius 1 is 1.00 bits per heavy atom. The fourth-order valence-corrected chi connectivity index (χ4v) is 1.38. The van der Waals surface area contributed by atoms with Crippen molar-refractivity contribution in [2.45, 2.75) is 41.0 Å². The number of hydrogen-bond donors (Lipinski definition) is 0. The van der Waals surface area contributed by atoms with Crippen molar-refractivity contribution in [2.75, 3.05) is 0 Å². The number of hydrogen-bond acceptors (Lipinski definition) is 1. The van der Waals surface area contributed by atoms with E-state index in [2.05, 4.69) is 31.2 Å². The molecule has 0 amide bonds. The predicted octanol–water partition coefficient (Wildman–Crippen LogP) is 4.12. The molecular weight excluding hydrogens is 196 g/mol. The molecule has 0 aliphatic rings. The monoisotopic (exact) mass is 220 g/mol. The standard InChI is InChI=1S/C8H10.C7H14O/c1-2-8-6-4-3-5-7-8;1-5(2)7(8)6(3)4/h3-7H,2H2,1H3;5-6H,1-4H3. The molecule has 0 radical (unpaired) electrons. The van der Waals surface area contributed by atoms with Gasteiger partial charge in [-0.3, -0.25) is 4.79 Å². The van der Waals surface area contributed by atoms with Gasteiger partial charge in [0.2, 0.25) is 0 Å². The van der Waals surface area contributed by atoms with E-state index in [4.69, 9.17) is 0 Å². The van der Waals surface area contributed by atoms with Gasteiger partial charge in [-0.15, -0.1) is 0 Å². The van der Waals surface area contributed by atoms with Crippen molar-refractivity contribution in [1.82, 2.24) is 0 Å². The predicted molar refractivity (Wildman–Crippen MR) is 70.5 cm³/mol. The number of carbonyl (C=O) groups is 1. The average Bonchev–Trinajstić information content (AvgIpc) is 2.29. The van der Waals surface area contributed by atoms with Crippen molar-refractivity contribution in [3.05, 3.63) is 35.9 Å². The van der Waals surface area contributed by atoms with E-state index < -0.39 is 0 Å².